The molecule has 2 rings (SSSR count). The fourth-order valence-corrected chi connectivity index (χ4v) is 3.56. The van der Waals surface area contributed by atoms with Gasteiger partial charge in [0, 0.05) is 11.3 Å². The lowest BCUT2D eigenvalue weighted by Crippen LogP contribution is -1.98. The summed E-state index contributed by atoms with van der Waals surface area (Å²) >= 11 is 1.90. The molecule has 0 aromatic carbocycles. The van der Waals surface area contributed by atoms with Crippen molar-refractivity contribution in [3.63, 3.8) is 0 Å². The van der Waals surface area contributed by atoms with Crippen molar-refractivity contribution in [1.29, 1.82) is 0 Å². The predicted octanol–water partition coefficient (Wildman–Crippen LogP) is 5.09. The van der Waals surface area contributed by atoms with Crippen LogP contribution in [0.4, 0.5) is 0 Å². The summed E-state index contributed by atoms with van der Waals surface area (Å²) in [6.07, 6.45) is 9.61. The fourth-order valence-electron chi connectivity index (χ4n) is 2.45. The van der Waals surface area contributed by atoms with Gasteiger partial charge in [0.2, 0.25) is 0 Å². The SMILES string of the molecule is CCC(C)c1csc(C2CCCCCC2)n1. The van der Waals surface area contributed by atoms with Gasteiger partial charge in [0.15, 0.2) is 0 Å². The summed E-state index contributed by atoms with van der Waals surface area (Å²) in [5.74, 6) is 1.40. The molecule has 0 radical (unpaired) electrons. The summed E-state index contributed by atoms with van der Waals surface area (Å²) in [5, 5.41) is 3.70. The van der Waals surface area contributed by atoms with Gasteiger partial charge in [-0.25, -0.2) is 4.98 Å². The van der Waals surface area contributed by atoms with E-state index in [2.05, 4.69) is 19.2 Å². The van der Waals surface area contributed by atoms with Crippen molar-refractivity contribution in [2.24, 2.45) is 0 Å². The maximum atomic E-state index is 4.86. The predicted molar refractivity (Wildman–Crippen MR) is 71.3 cm³/mol. The van der Waals surface area contributed by atoms with Gasteiger partial charge in [0.25, 0.3) is 0 Å². The van der Waals surface area contributed by atoms with Gasteiger partial charge in [-0.15, -0.1) is 11.3 Å². The van der Waals surface area contributed by atoms with Crippen LogP contribution in [0.3, 0.4) is 0 Å². The Hall–Kier alpha value is -0.370. The molecule has 0 saturated heterocycles. The van der Waals surface area contributed by atoms with Gasteiger partial charge in [0.1, 0.15) is 0 Å². The third-order valence-corrected chi connectivity index (χ3v) is 4.89. The molecule has 0 spiro atoms. The average Bonchev–Trinajstić information content (AvgIpc) is 2.64. The van der Waals surface area contributed by atoms with Crippen LogP contribution >= 0.6 is 11.3 Å². The molecule has 0 N–H and O–H groups in total. The largest absolute Gasteiger partial charge is 0.246 e. The maximum absolute atomic E-state index is 4.86. The number of rotatable bonds is 3. The molecule has 1 atom stereocenters. The Bertz CT molecular complexity index is 310. The Morgan fingerprint density at radius 3 is 2.62 bits per heavy atom. The van der Waals surface area contributed by atoms with E-state index in [0.717, 1.165) is 5.92 Å². The molecule has 1 aromatic heterocycles. The first-order valence-corrected chi connectivity index (χ1v) is 7.64. The molecule has 1 saturated carbocycles. The van der Waals surface area contributed by atoms with E-state index in [9.17, 15) is 0 Å². The number of hydrogen-bond acceptors (Lipinski definition) is 2. The lowest BCUT2D eigenvalue weighted by atomic mass is 10.0. The Morgan fingerprint density at radius 2 is 2.00 bits per heavy atom. The molecule has 16 heavy (non-hydrogen) atoms. The van der Waals surface area contributed by atoms with Crippen LogP contribution in [0.1, 0.15) is 81.3 Å². The topological polar surface area (TPSA) is 12.9 Å². The zero-order valence-electron chi connectivity index (χ0n) is 10.5. The molecule has 1 aliphatic carbocycles. The molecule has 1 aromatic rings. The first-order chi connectivity index (χ1) is 7.81. The Labute approximate surface area is 103 Å². The van der Waals surface area contributed by atoms with E-state index in [4.69, 9.17) is 4.98 Å². The number of thiazole rings is 1. The first-order valence-electron chi connectivity index (χ1n) is 6.76. The number of nitrogens with zero attached hydrogens (tertiary/aromatic N) is 1. The van der Waals surface area contributed by atoms with Gasteiger partial charge >= 0.3 is 0 Å². The van der Waals surface area contributed by atoms with Crippen LogP contribution in [0.2, 0.25) is 0 Å². The molecule has 1 aliphatic rings. The van der Waals surface area contributed by atoms with Crippen LogP contribution in [-0.4, -0.2) is 4.98 Å². The van der Waals surface area contributed by atoms with Gasteiger partial charge in [-0.3, -0.25) is 0 Å². The molecule has 1 unspecified atom stereocenters. The fraction of sp³-hybridized carbons (Fsp3) is 0.786. The molecule has 2 heteroatoms. The zero-order chi connectivity index (χ0) is 11.4. The summed E-state index contributed by atoms with van der Waals surface area (Å²) < 4.78 is 0. The van der Waals surface area contributed by atoms with Crippen molar-refractivity contribution in [3.05, 3.63) is 16.1 Å². The normalized spacial score (nSPS) is 20.6. The van der Waals surface area contributed by atoms with Crippen LogP contribution in [-0.2, 0) is 0 Å². The second kappa shape index (κ2) is 5.81. The van der Waals surface area contributed by atoms with Crippen molar-refractivity contribution in [2.45, 2.75) is 70.6 Å². The highest BCUT2D eigenvalue weighted by atomic mass is 32.1. The zero-order valence-corrected chi connectivity index (χ0v) is 11.4. The summed E-state index contributed by atoms with van der Waals surface area (Å²) in [7, 11) is 0. The van der Waals surface area contributed by atoms with Crippen molar-refractivity contribution in [2.75, 3.05) is 0 Å². The van der Waals surface area contributed by atoms with E-state index in [0.29, 0.717) is 5.92 Å². The molecule has 90 valence electrons. The van der Waals surface area contributed by atoms with Crippen molar-refractivity contribution >= 4 is 11.3 Å². The first kappa shape index (κ1) is 12.1. The van der Waals surface area contributed by atoms with Gasteiger partial charge < -0.3 is 0 Å². The molecule has 0 amide bonds. The third-order valence-electron chi connectivity index (χ3n) is 3.86. The molecule has 1 heterocycles. The highest BCUT2D eigenvalue weighted by Crippen LogP contribution is 2.34. The molecular formula is C14H23NS. The van der Waals surface area contributed by atoms with Crippen molar-refractivity contribution < 1.29 is 0 Å². The molecule has 0 bridgehead atoms. The van der Waals surface area contributed by atoms with Gasteiger partial charge in [-0.05, 0) is 25.2 Å². The van der Waals surface area contributed by atoms with E-state index < -0.39 is 0 Å². The van der Waals surface area contributed by atoms with E-state index in [1.165, 1.54) is 55.6 Å². The third kappa shape index (κ3) is 2.85. The van der Waals surface area contributed by atoms with Crippen LogP contribution in [0.5, 0.6) is 0 Å². The van der Waals surface area contributed by atoms with Crippen LogP contribution in [0.15, 0.2) is 5.38 Å². The summed E-state index contributed by atoms with van der Waals surface area (Å²) in [6, 6.07) is 0. The lowest BCUT2D eigenvalue weighted by Gasteiger charge is -2.10. The average molecular weight is 237 g/mol. The highest BCUT2D eigenvalue weighted by Gasteiger charge is 2.18. The quantitative estimate of drug-likeness (QED) is 0.667. The summed E-state index contributed by atoms with van der Waals surface area (Å²) in [4.78, 5) is 4.86. The number of hydrogen-bond donors (Lipinski definition) is 0. The minimum Gasteiger partial charge on any atom is -0.246 e. The number of aromatic nitrogens is 1. The smallest absolute Gasteiger partial charge is 0.0959 e. The van der Waals surface area contributed by atoms with E-state index in [-0.39, 0.29) is 0 Å². The maximum Gasteiger partial charge on any atom is 0.0959 e. The van der Waals surface area contributed by atoms with Gasteiger partial charge in [-0.1, -0.05) is 39.5 Å². The second-order valence-electron chi connectivity index (χ2n) is 5.11. The van der Waals surface area contributed by atoms with Crippen LogP contribution in [0.25, 0.3) is 0 Å². The van der Waals surface area contributed by atoms with Crippen molar-refractivity contribution in [3.8, 4) is 0 Å². The van der Waals surface area contributed by atoms with E-state index in [1.807, 2.05) is 11.3 Å². The van der Waals surface area contributed by atoms with Crippen LogP contribution in [0, 0.1) is 0 Å². The molecule has 1 fully saturated rings. The van der Waals surface area contributed by atoms with Crippen molar-refractivity contribution in [1.82, 2.24) is 4.98 Å². The van der Waals surface area contributed by atoms with Gasteiger partial charge in [0.05, 0.1) is 10.7 Å². The summed E-state index contributed by atoms with van der Waals surface area (Å²) in [5.41, 5.74) is 1.33. The van der Waals surface area contributed by atoms with E-state index in [1.54, 1.807) is 0 Å². The Morgan fingerprint density at radius 1 is 1.31 bits per heavy atom. The Kier molecular flexibility index (Phi) is 4.39. The monoisotopic (exact) mass is 237 g/mol. The van der Waals surface area contributed by atoms with E-state index >= 15 is 0 Å². The Balaban J connectivity index is 2.05. The lowest BCUT2D eigenvalue weighted by molar-refractivity contribution is 0.584. The second-order valence-corrected chi connectivity index (χ2v) is 6.00. The molecule has 0 aliphatic heterocycles. The molecule has 1 nitrogen and oxygen atoms in total. The minimum atomic E-state index is 0.635. The standard InChI is InChI=1S/C14H23NS/c1-3-11(2)13-10-16-14(15-13)12-8-6-4-5-7-9-12/h10-12H,3-9H2,1-2H3. The highest BCUT2D eigenvalue weighted by molar-refractivity contribution is 7.09. The molecular weight excluding hydrogens is 214 g/mol. The minimum absolute atomic E-state index is 0.635. The van der Waals surface area contributed by atoms with Gasteiger partial charge in [-0.2, -0.15) is 0 Å². The van der Waals surface area contributed by atoms with Crippen LogP contribution < -0.4 is 0 Å². The summed E-state index contributed by atoms with van der Waals surface area (Å²) in [6.45, 7) is 4.53.